The Balaban J connectivity index is 2.36. The van der Waals surface area contributed by atoms with E-state index in [0.717, 1.165) is 5.56 Å². The minimum atomic E-state index is -0.452. The zero-order valence-corrected chi connectivity index (χ0v) is 11.9. The zero-order chi connectivity index (χ0) is 14.0. The van der Waals surface area contributed by atoms with Crippen LogP contribution >= 0.6 is 12.2 Å². The van der Waals surface area contributed by atoms with Crippen LogP contribution in [0.25, 0.3) is 0 Å². The van der Waals surface area contributed by atoms with Gasteiger partial charge in [0.25, 0.3) is 0 Å². The molecular weight excluding hydrogens is 260 g/mol. The number of rotatable bonds is 2. The third-order valence-corrected chi connectivity index (χ3v) is 3.76. The van der Waals surface area contributed by atoms with Crippen LogP contribution in [0.15, 0.2) is 24.3 Å². The molecule has 0 aromatic heterocycles. The van der Waals surface area contributed by atoms with Crippen molar-refractivity contribution in [2.75, 3.05) is 13.2 Å². The second-order valence-corrected chi connectivity index (χ2v) is 5.24. The number of nitrogens with zero attached hydrogens (tertiary/aromatic N) is 1. The van der Waals surface area contributed by atoms with Crippen molar-refractivity contribution in [2.45, 2.75) is 25.9 Å². The van der Waals surface area contributed by atoms with E-state index in [0.29, 0.717) is 23.8 Å². The number of morpholine rings is 1. The molecule has 1 saturated heterocycles. The Hall–Kier alpha value is -1.46. The summed E-state index contributed by atoms with van der Waals surface area (Å²) in [6.45, 7) is 5.41. The third-order valence-electron chi connectivity index (χ3n) is 3.33. The first-order chi connectivity index (χ1) is 9.02. The number of nitrogens with two attached hydrogens (primary N) is 1. The lowest BCUT2D eigenvalue weighted by Crippen LogP contribution is -2.52. The van der Waals surface area contributed by atoms with E-state index >= 15 is 0 Å². The van der Waals surface area contributed by atoms with E-state index < -0.39 is 5.91 Å². The van der Waals surface area contributed by atoms with Crippen LogP contribution in [0.2, 0.25) is 0 Å². The normalized spacial score (nSPS) is 23.2. The molecule has 1 aromatic carbocycles. The second-order valence-electron chi connectivity index (χ2n) is 4.86. The van der Waals surface area contributed by atoms with E-state index in [-0.39, 0.29) is 12.1 Å². The van der Waals surface area contributed by atoms with Gasteiger partial charge in [-0.15, -0.1) is 0 Å². The summed E-state index contributed by atoms with van der Waals surface area (Å²) in [6, 6.07) is 7.59. The van der Waals surface area contributed by atoms with Crippen LogP contribution < -0.4 is 5.73 Å². The lowest BCUT2D eigenvalue weighted by atomic mass is 10.0. The highest BCUT2D eigenvalue weighted by molar-refractivity contribution is 7.80. The van der Waals surface area contributed by atoms with Gasteiger partial charge in [-0.25, -0.2) is 0 Å². The molecular formula is C14H18N2O2S. The van der Waals surface area contributed by atoms with Gasteiger partial charge in [0, 0.05) is 11.1 Å². The minimum Gasteiger partial charge on any atom is -0.377 e. The van der Waals surface area contributed by atoms with Gasteiger partial charge in [0.1, 0.15) is 4.99 Å². The van der Waals surface area contributed by atoms with Gasteiger partial charge < -0.3 is 15.4 Å². The molecule has 4 nitrogen and oxygen atoms in total. The predicted octanol–water partition coefficient (Wildman–Crippen LogP) is 1.57. The maximum Gasteiger partial charge on any atom is 0.249 e. The molecule has 1 fully saturated rings. The SMILES string of the molecule is C[C@@H]1COC[C@@H](C)N1C(=S)c1ccccc1C(N)=O. The molecule has 0 radical (unpaired) electrons. The van der Waals surface area contributed by atoms with E-state index in [4.69, 9.17) is 22.7 Å². The van der Waals surface area contributed by atoms with Crippen LogP contribution in [0.5, 0.6) is 0 Å². The lowest BCUT2D eigenvalue weighted by molar-refractivity contribution is 0.000848. The Labute approximate surface area is 118 Å². The number of carbonyl (C=O) groups excluding carboxylic acids is 1. The van der Waals surface area contributed by atoms with Gasteiger partial charge in [-0.2, -0.15) is 0 Å². The summed E-state index contributed by atoms with van der Waals surface area (Å²) in [5, 5.41) is 0. The molecule has 0 saturated carbocycles. The van der Waals surface area contributed by atoms with E-state index in [9.17, 15) is 4.79 Å². The van der Waals surface area contributed by atoms with Crippen molar-refractivity contribution < 1.29 is 9.53 Å². The highest BCUT2D eigenvalue weighted by atomic mass is 32.1. The maximum atomic E-state index is 11.5. The van der Waals surface area contributed by atoms with Crippen LogP contribution in [0.4, 0.5) is 0 Å². The number of amides is 1. The van der Waals surface area contributed by atoms with Crippen LogP contribution in [0, 0.1) is 0 Å². The molecule has 1 heterocycles. The van der Waals surface area contributed by atoms with Crippen molar-refractivity contribution in [3.8, 4) is 0 Å². The highest BCUT2D eigenvalue weighted by Crippen LogP contribution is 2.20. The Morgan fingerprint density at radius 1 is 1.26 bits per heavy atom. The van der Waals surface area contributed by atoms with Gasteiger partial charge in [0.15, 0.2) is 0 Å². The largest absolute Gasteiger partial charge is 0.377 e. The molecule has 5 heteroatoms. The summed E-state index contributed by atoms with van der Waals surface area (Å²) < 4.78 is 5.50. The van der Waals surface area contributed by atoms with Crippen LogP contribution in [-0.2, 0) is 4.74 Å². The molecule has 0 bridgehead atoms. The van der Waals surface area contributed by atoms with Crippen molar-refractivity contribution in [3.63, 3.8) is 0 Å². The predicted molar refractivity (Wildman–Crippen MR) is 78.2 cm³/mol. The molecule has 1 amide bonds. The number of carbonyl (C=O) groups is 1. The summed E-state index contributed by atoms with van der Waals surface area (Å²) in [5.41, 5.74) is 6.61. The molecule has 1 aromatic rings. The summed E-state index contributed by atoms with van der Waals surface area (Å²) in [7, 11) is 0. The molecule has 0 spiro atoms. The fraction of sp³-hybridized carbons (Fsp3) is 0.429. The maximum absolute atomic E-state index is 11.5. The lowest BCUT2D eigenvalue weighted by Gasteiger charge is -2.41. The van der Waals surface area contributed by atoms with Gasteiger partial charge in [0.05, 0.1) is 25.3 Å². The summed E-state index contributed by atoms with van der Waals surface area (Å²) in [6.07, 6.45) is 0. The van der Waals surface area contributed by atoms with Crippen molar-refractivity contribution in [1.29, 1.82) is 0 Å². The number of thiocarbonyl (C=S) groups is 1. The van der Waals surface area contributed by atoms with Gasteiger partial charge in [-0.3, -0.25) is 4.79 Å². The topological polar surface area (TPSA) is 55.6 Å². The monoisotopic (exact) mass is 278 g/mol. The number of ether oxygens (including phenoxy) is 1. The summed E-state index contributed by atoms with van der Waals surface area (Å²) >= 11 is 5.56. The van der Waals surface area contributed by atoms with Gasteiger partial charge in [-0.05, 0) is 19.9 Å². The molecule has 2 atom stereocenters. The van der Waals surface area contributed by atoms with Crippen molar-refractivity contribution >= 4 is 23.1 Å². The molecule has 0 unspecified atom stereocenters. The molecule has 19 heavy (non-hydrogen) atoms. The van der Waals surface area contributed by atoms with E-state index in [1.165, 1.54) is 0 Å². The van der Waals surface area contributed by atoms with Crippen LogP contribution in [-0.4, -0.2) is 41.1 Å². The van der Waals surface area contributed by atoms with Crippen molar-refractivity contribution in [3.05, 3.63) is 35.4 Å². The summed E-state index contributed by atoms with van der Waals surface area (Å²) in [4.78, 5) is 14.3. The molecule has 1 aliphatic rings. The Kier molecular flexibility index (Phi) is 4.17. The van der Waals surface area contributed by atoms with Crippen LogP contribution in [0.1, 0.15) is 29.8 Å². The summed E-state index contributed by atoms with van der Waals surface area (Å²) in [5.74, 6) is -0.452. The Bertz CT molecular complexity index is 494. The highest BCUT2D eigenvalue weighted by Gasteiger charge is 2.29. The standard InChI is InChI=1S/C14H18N2O2S/c1-9-7-18-8-10(2)16(9)14(19)12-6-4-3-5-11(12)13(15)17/h3-6,9-10H,7-8H2,1-2H3,(H2,15,17)/t9-,10-/m1/s1. The molecule has 2 N–H and O–H groups in total. The van der Waals surface area contributed by atoms with Gasteiger partial charge >= 0.3 is 0 Å². The smallest absolute Gasteiger partial charge is 0.249 e. The zero-order valence-electron chi connectivity index (χ0n) is 11.1. The van der Waals surface area contributed by atoms with E-state index in [2.05, 4.69) is 18.7 Å². The van der Waals surface area contributed by atoms with Crippen molar-refractivity contribution in [1.82, 2.24) is 4.90 Å². The number of hydrogen-bond donors (Lipinski definition) is 1. The first-order valence-corrected chi connectivity index (χ1v) is 6.72. The van der Waals surface area contributed by atoms with E-state index in [1.807, 2.05) is 12.1 Å². The quantitative estimate of drug-likeness (QED) is 0.834. The number of benzene rings is 1. The van der Waals surface area contributed by atoms with Gasteiger partial charge in [-0.1, -0.05) is 30.4 Å². The minimum absolute atomic E-state index is 0.192. The number of hydrogen-bond acceptors (Lipinski definition) is 3. The van der Waals surface area contributed by atoms with Gasteiger partial charge in [0.2, 0.25) is 5.91 Å². The molecule has 0 aliphatic carbocycles. The fourth-order valence-corrected chi connectivity index (χ4v) is 2.97. The molecule has 2 rings (SSSR count). The second kappa shape index (κ2) is 5.67. The Morgan fingerprint density at radius 3 is 2.32 bits per heavy atom. The first-order valence-electron chi connectivity index (χ1n) is 6.31. The number of primary amides is 1. The van der Waals surface area contributed by atoms with Crippen molar-refractivity contribution in [2.24, 2.45) is 5.73 Å². The first kappa shape index (κ1) is 14.0. The average Bonchev–Trinajstić information content (AvgIpc) is 2.38. The molecule has 102 valence electrons. The van der Waals surface area contributed by atoms with E-state index in [1.54, 1.807) is 12.1 Å². The fourth-order valence-electron chi connectivity index (χ4n) is 2.43. The average molecular weight is 278 g/mol. The third kappa shape index (κ3) is 2.77. The molecule has 1 aliphatic heterocycles. The van der Waals surface area contributed by atoms with Crippen LogP contribution in [0.3, 0.4) is 0 Å². The Morgan fingerprint density at radius 2 is 1.79 bits per heavy atom.